The lowest BCUT2D eigenvalue weighted by molar-refractivity contribution is 0.203. The number of benzene rings is 1. The van der Waals surface area contributed by atoms with Gasteiger partial charge in [-0.25, -0.2) is 0 Å². The van der Waals surface area contributed by atoms with E-state index in [0.29, 0.717) is 12.6 Å². The molecule has 0 bridgehead atoms. The molecule has 0 saturated heterocycles. The zero-order valence-electron chi connectivity index (χ0n) is 14.5. The van der Waals surface area contributed by atoms with Crippen LogP contribution in [0, 0.1) is 0 Å². The smallest absolute Gasteiger partial charge is 0.191 e. The summed E-state index contributed by atoms with van der Waals surface area (Å²) in [6.45, 7) is 7.54. The molecule has 0 amide bonds. The van der Waals surface area contributed by atoms with E-state index < -0.39 is 0 Å². The average Bonchev–Trinajstić information content (AvgIpc) is 2.51. The van der Waals surface area contributed by atoms with E-state index in [0.717, 1.165) is 25.6 Å². The topological polar surface area (TPSA) is 48.9 Å². The highest BCUT2D eigenvalue weighted by atomic mass is 16.5. The van der Waals surface area contributed by atoms with Gasteiger partial charge in [0.1, 0.15) is 0 Å². The number of aliphatic imine (C=N–C) groups is 1. The van der Waals surface area contributed by atoms with Gasteiger partial charge in [0.2, 0.25) is 0 Å². The summed E-state index contributed by atoms with van der Waals surface area (Å²) in [4.78, 5) is 6.56. The van der Waals surface area contributed by atoms with Crippen LogP contribution in [0.25, 0.3) is 0 Å². The molecule has 0 aliphatic rings. The Morgan fingerprint density at radius 2 is 1.91 bits per heavy atom. The lowest BCUT2D eigenvalue weighted by Gasteiger charge is -2.23. The van der Waals surface area contributed by atoms with Crippen molar-refractivity contribution in [1.82, 2.24) is 15.5 Å². The summed E-state index contributed by atoms with van der Waals surface area (Å²) in [7, 11) is 5.63. The van der Waals surface area contributed by atoms with Crippen LogP contribution >= 0.6 is 0 Å². The molecule has 0 unspecified atom stereocenters. The van der Waals surface area contributed by atoms with Crippen molar-refractivity contribution in [1.29, 1.82) is 0 Å². The summed E-state index contributed by atoms with van der Waals surface area (Å²) in [5, 5.41) is 6.57. The highest BCUT2D eigenvalue weighted by Crippen LogP contribution is 2.12. The third-order valence-corrected chi connectivity index (χ3v) is 3.69. The fraction of sp³-hybridized carbons (Fsp3) is 0.588. The molecule has 5 heteroatoms. The first kappa shape index (κ1) is 18.5. The van der Waals surface area contributed by atoms with Gasteiger partial charge in [0.25, 0.3) is 0 Å². The minimum atomic E-state index is 0.532. The number of hydrogen-bond donors (Lipinski definition) is 2. The van der Waals surface area contributed by atoms with Gasteiger partial charge in [-0.2, -0.15) is 0 Å². The van der Waals surface area contributed by atoms with Crippen LogP contribution in [0.2, 0.25) is 0 Å². The van der Waals surface area contributed by atoms with Gasteiger partial charge in [0.05, 0.1) is 6.61 Å². The van der Waals surface area contributed by atoms with Crippen LogP contribution < -0.4 is 10.6 Å². The van der Waals surface area contributed by atoms with Crippen LogP contribution in [0.15, 0.2) is 29.3 Å². The maximum Gasteiger partial charge on any atom is 0.191 e. The van der Waals surface area contributed by atoms with Crippen LogP contribution in [-0.4, -0.2) is 51.3 Å². The van der Waals surface area contributed by atoms with Crippen molar-refractivity contribution in [2.75, 3.05) is 34.4 Å². The van der Waals surface area contributed by atoms with Crippen molar-refractivity contribution in [2.45, 2.75) is 33.0 Å². The van der Waals surface area contributed by atoms with E-state index in [9.17, 15) is 0 Å². The number of nitrogens with one attached hydrogen (secondary N) is 2. The Balaban J connectivity index is 2.61. The van der Waals surface area contributed by atoms with Gasteiger partial charge in [-0.05, 0) is 32.0 Å². The third-order valence-electron chi connectivity index (χ3n) is 3.69. The highest BCUT2D eigenvalue weighted by molar-refractivity contribution is 5.79. The molecule has 0 aromatic heterocycles. The zero-order chi connectivity index (χ0) is 16.4. The molecule has 1 aromatic carbocycles. The summed E-state index contributed by atoms with van der Waals surface area (Å²) < 4.78 is 5.03. The van der Waals surface area contributed by atoms with Crippen molar-refractivity contribution in [3.05, 3.63) is 35.4 Å². The zero-order valence-corrected chi connectivity index (χ0v) is 14.5. The van der Waals surface area contributed by atoms with Crippen LogP contribution in [0.4, 0.5) is 0 Å². The number of ether oxygens (including phenoxy) is 1. The maximum atomic E-state index is 5.03. The third kappa shape index (κ3) is 6.45. The van der Waals surface area contributed by atoms with Crippen molar-refractivity contribution in [2.24, 2.45) is 4.99 Å². The fourth-order valence-corrected chi connectivity index (χ4v) is 2.01. The Morgan fingerprint density at radius 1 is 1.23 bits per heavy atom. The number of nitrogens with zero attached hydrogens (tertiary/aromatic N) is 2. The standard InChI is InChI=1S/C17H30N4O/c1-14(2)21(4)13-16-9-7-6-8-15(16)12-20-17(18-3)19-10-11-22-5/h6-9,14H,10-13H2,1-5H3,(H2,18,19,20). The molecule has 1 rings (SSSR count). The molecule has 5 nitrogen and oxygen atoms in total. The largest absolute Gasteiger partial charge is 0.383 e. The molecule has 0 spiro atoms. The van der Waals surface area contributed by atoms with Crippen molar-refractivity contribution >= 4 is 5.96 Å². The van der Waals surface area contributed by atoms with E-state index in [1.165, 1.54) is 11.1 Å². The lowest BCUT2D eigenvalue weighted by atomic mass is 10.1. The Hall–Kier alpha value is -1.59. The molecule has 22 heavy (non-hydrogen) atoms. The van der Waals surface area contributed by atoms with Crippen molar-refractivity contribution < 1.29 is 4.74 Å². The van der Waals surface area contributed by atoms with E-state index in [-0.39, 0.29) is 0 Å². The Morgan fingerprint density at radius 3 is 2.50 bits per heavy atom. The van der Waals surface area contributed by atoms with E-state index in [1.54, 1.807) is 14.2 Å². The SMILES string of the molecule is CN=C(NCCOC)NCc1ccccc1CN(C)C(C)C. The molecule has 0 radical (unpaired) electrons. The predicted octanol–water partition coefficient (Wildman–Crippen LogP) is 1.84. The molecular weight excluding hydrogens is 276 g/mol. The molecule has 124 valence electrons. The van der Waals surface area contributed by atoms with E-state index in [2.05, 4.69) is 65.7 Å². The van der Waals surface area contributed by atoms with E-state index in [1.807, 2.05) is 0 Å². The van der Waals surface area contributed by atoms with Gasteiger partial charge >= 0.3 is 0 Å². The molecule has 0 aliphatic carbocycles. The molecule has 0 saturated carbocycles. The normalized spacial score (nSPS) is 12.0. The quantitative estimate of drug-likeness (QED) is 0.437. The second-order valence-electron chi connectivity index (χ2n) is 5.62. The Kier molecular flexibility index (Phi) is 8.55. The van der Waals surface area contributed by atoms with Gasteiger partial charge in [0.15, 0.2) is 5.96 Å². The van der Waals surface area contributed by atoms with Crippen LogP contribution in [0.1, 0.15) is 25.0 Å². The van der Waals surface area contributed by atoms with Gasteiger partial charge in [-0.1, -0.05) is 24.3 Å². The fourth-order valence-electron chi connectivity index (χ4n) is 2.01. The highest BCUT2D eigenvalue weighted by Gasteiger charge is 2.08. The summed E-state index contributed by atoms with van der Waals surface area (Å²) in [5.74, 6) is 0.795. The minimum Gasteiger partial charge on any atom is -0.383 e. The van der Waals surface area contributed by atoms with Crippen molar-refractivity contribution in [3.8, 4) is 0 Å². The summed E-state index contributed by atoms with van der Waals surface area (Å²) >= 11 is 0. The van der Waals surface area contributed by atoms with Gasteiger partial charge in [0, 0.05) is 39.8 Å². The number of guanidine groups is 1. The number of methoxy groups -OCH3 is 1. The van der Waals surface area contributed by atoms with Crippen LogP contribution in [-0.2, 0) is 17.8 Å². The molecular formula is C17H30N4O. The van der Waals surface area contributed by atoms with E-state index >= 15 is 0 Å². The van der Waals surface area contributed by atoms with Gasteiger partial charge in [-0.15, -0.1) is 0 Å². The molecule has 0 atom stereocenters. The molecule has 0 fully saturated rings. The summed E-state index contributed by atoms with van der Waals surface area (Å²) in [6.07, 6.45) is 0. The number of hydrogen-bond acceptors (Lipinski definition) is 3. The molecule has 0 aliphatic heterocycles. The summed E-state index contributed by atoms with van der Waals surface area (Å²) in [6, 6.07) is 9.07. The Bertz CT molecular complexity index is 460. The van der Waals surface area contributed by atoms with Crippen LogP contribution in [0.3, 0.4) is 0 Å². The first-order valence-corrected chi connectivity index (χ1v) is 7.79. The number of rotatable bonds is 8. The lowest BCUT2D eigenvalue weighted by Crippen LogP contribution is -2.38. The first-order valence-electron chi connectivity index (χ1n) is 7.79. The first-order chi connectivity index (χ1) is 10.6. The van der Waals surface area contributed by atoms with Gasteiger partial charge < -0.3 is 15.4 Å². The monoisotopic (exact) mass is 306 g/mol. The molecule has 2 N–H and O–H groups in total. The molecule has 0 heterocycles. The van der Waals surface area contributed by atoms with Gasteiger partial charge in [-0.3, -0.25) is 9.89 Å². The summed E-state index contributed by atoms with van der Waals surface area (Å²) in [5.41, 5.74) is 2.64. The van der Waals surface area contributed by atoms with Crippen LogP contribution in [0.5, 0.6) is 0 Å². The Labute approximate surface area is 134 Å². The molecule has 1 aromatic rings. The second kappa shape index (κ2) is 10.2. The second-order valence-corrected chi connectivity index (χ2v) is 5.62. The van der Waals surface area contributed by atoms with E-state index in [4.69, 9.17) is 4.74 Å². The minimum absolute atomic E-state index is 0.532. The predicted molar refractivity (Wildman–Crippen MR) is 93.1 cm³/mol. The van der Waals surface area contributed by atoms with Crippen molar-refractivity contribution in [3.63, 3.8) is 0 Å². The maximum absolute atomic E-state index is 5.03. The average molecular weight is 306 g/mol.